The minimum Gasteiger partial charge on any atom is -0.320 e. The summed E-state index contributed by atoms with van der Waals surface area (Å²) in [7, 11) is 0. The van der Waals surface area contributed by atoms with Crippen LogP contribution in [0.5, 0.6) is 0 Å². The van der Waals surface area contributed by atoms with Crippen LogP contribution in [0.15, 0.2) is 36.5 Å². The molecule has 0 spiro atoms. The van der Waals surface area contributed by atoms with Gasteiger partial charge in [0.25, 0.3) is 0 Å². The van der Waals surface area contributed by atoms with E-state index in [0.717, 1.165) is 22.3 Å². The fraction of sp³-hybridized carbons (Fsp3) is 0.0769. The first-order chi connectivity index (χ1) is 7.83. The van der Waals surface area contributed by atoms with E-state index < -0.39 is 0 Å². The number of benzene rings is 1. The van der Waals surface area contributed by atoms with Crippen LogP contribution in [0.2, 0.25) is 0 Å². The maximum absolute atomic E-state index is 4.30. The molecule has 3 heteroatoms. The Kier molecular flexibility index (Phi) is 1.96. The molecule has 0 atom stereocenters. The van der Waals surface area contributed by atoms with Gasteiger partial charge in [0.1, 0.15) is 5.52 Å². The molecule has 0 aliphatic carbocycles. The van der Waals surface area contributed by atoms with Gasteiger partial charge in [0.2, 0.25) is 0 Å². The second-order valence-electron chi connectivity index (χ2n) is 3.81. The summed E-state index contributed by atoms with van der Waals surface area (Å²) >= 11 is 0. The van der Waals surface area contributed by atoms with Gasteiger partial charge in [0.15, 0.2) is 12.0 Å². The lowest BCUT2D eigenvalue weighted by molar-refractivity contribution is 1.28. The van der Waals surface area contributed by atoms with Crippen molar-refractivity contribution in [1.29, 1.82) is 0 Å². The van der Waals surface area contributed by atoms with E-state index in [-0.39, 0.29) is 0 Å². The predicted molar refractivity (Wildman–Crippen MR) is 62.9 cm³/mol. The van der Waals surface area contributed by atoms with Crippen LogP contribution in [-0.2, 0) is 0 Å². The summed E-state index contributed by atoms with van der Waals surface area (Å²) in [4.78, 5) is 11.2. The predicted octanol–water partition coefficient (Wildman–Crippen LogP) is 2.73. The topological polar surface area (TPSA) is 41.6 Å². The third kappa shape index (κ3) is 1.46. The van der Waals surface area contributed by atoms with Crippen LogP contribution in [0.4, 0.5) is 0 Å². The smallest absolute Gasteiger partial charge is 0.175 e. The van der Waals surface area contributed by atoms with Crippen molar-refractivity contribution in [3.63, 3.8) is 0 Å². The van der Waals surface area contributed by atoms with Crippen molar-refractivity contribution < 1.29 is 0 Å². The number of hydrogen-bond donors (Lipinski definition) is 1. The van der Waals surface area contributed by atoms with E-state index in [2.05, 4.69) is 46.4 Å². The van der Waals surface area contributed by atoms with Crippen molar-refractivity contribution in [2.45, 2.75) is 6.92 Å². The molecule has 0 saturated carbocycles. The normalized spacial score (nSPS) is 10.8. The van der Waals surface area contributed by atoms with Crippen molar-refractivity contribution in [2.75, 3.05) is 0 Å². The van der Waals surface area contributed by atoms with Crippen LogP contribution in [0.1, 0.15) is 5.56 Å². The number of rotatable bonds is 1. The van der Waals surface area contributed by atoms with E-state index in [1.807, 2.05) is 18.3 Å². The first kappa shape index (κ1) is 9.09. The Hall–Kier alpha value is -2.16. The molecule has 0 aliphatic rings. The fourth-order valence-electron chi connectivity index (χ4n) is 1.76. The molecule has 2 heterocycles. The summed E-state index contributed by atoms with van der Waals surface area (Å²) in [5, 5.41) is 0. The van der Waals surface area contributed by atoms with Gasteiger partial charge in [-0.25, -0.2) is 9.97 Å². The number of aromatic nitrogens is 3. The second kappa shape index (κ2) is 3.45. The Morgan fingerprint density at radius 1 is 1.19 bits per heavy atom. The molecule has 0 bridgehead atoms. The van der Waals surface area contributed by atoms with Gasteiger partial charge < -0.3 is 4.98 Å². The lowest BCUT2D eigenvalue weighted by atomic mass is 10.1. The number of pyridine rings is 1. The zero-order valence-electron chi connectivity index (χ0n) is 8.86. The van der Waals surface area contributed by atoms with Crippen LogP contribution in [-0.4, -0.2) is 15.0 Å². The van der Waals surface area contributed by atoms with Crippen LogP contribution >= 0.6 is 0 Å². The summed E-state index contributed by atoms with van der Waals surface area (Å²) in [5.74, 6) is 0. The molecule has 0 saturated heterocycles. The van der Waals surface area contributed by atoms with Crippen LogP contribution in [0.25, 0.3) is 22.3 Å². The Morgan fingerprint density at radius 3 is 3.00 bits per heavy atom. The summed E-state index contributed by atoms with van der Waals surface area (Å²) in [6, 6.07) is 10.4. The second-order valence-corrected chi connectivity index (χ2v) is 3.81. The van der Waals surface area contributed by atoms with Crippen LogP contribution < -0.4 is 0 Å². The molecule has 0 fully saturated rings. The maximum Gasteiger partial charge on any atom is 0.175 e. The summed E-state index contributed by atoms with van der Waals surface area (Å²) in [6.07, 6.45) is 4.54. The molecular formula is C13H10N3. The Morgan fingerprint density at radius 2 is 2.12 bits per heavy atom. The third-order valence-corrected chi connectivity index (χ3v) is 2.57. The molecule has 3 aromatic rings. The third-order valence-electron chi connectivity index (χ3n) is 2.57. The average molecular weight is 208 g/mol. The molecule has 2 aromatic heterocycles. The minimum atomic E-state index is 0.774. The van der Waals surface area contributed by atoms with Crippen molar-refractivity contribution in [1.82, 2.24) is 15.0 Å². The first-order valence-corrected chi connectivity index (χ1v) is 5.12. The average Bonchev–Trinajstić information content (AvgIpc) is 2.75. The Labute approximate surface area is 93.2 Å². The molecule has 1 aromatic carbocycles. The largest absolute Gasteiger partial charge is 0.320 e. The molecule has 3 rings (SSSR count). The highest BCUT2D eigenvalue weighted by Gasteiger charge is 2.02. The molecule has 0 aliphatic heterocycles. The number of nitrogens with zero attached hydrogens (tertiary/aromatic N) is 2. The van der Waals surface area contributed by atoms with Crippen molar-refractivity contribution in [3.05, 3.63) is 48.4 Å². The number of aryl methyl sites for hydroxylation is 1. The van der Waals surface area contributed by atoms with E-state index in [4.69, 9.17) is 0 Å². The Balaban J connectivity index is 2.18. The molecule has 0 unspecified atom stereocenters. The molecular weight excluding hydrogens is 198 g/mol. The lowest BCUT2D eigenvalue weighted by Gasteiger charge is -2.01. The molecule has 16 heavy (non-hydrogen) atoms. The zero-order valence-corrected chi connectivity index (χ0v) is 8.86. The number of hydrogen-bond acceptors (Lipinski definition) is 2. The highest BCUT2D eigenvalue weighted by Crippen LogP contribution is 2.21. The quantitative estimate of drug-likeness (QED) is 0.668. The van der Waals surface area contributed by atoms with Gasteiger partial charge in [-0.1, -0.05) is 29.8 Å². The lowest BCUT2D eigenvalue weighted by Crippen LogP contribution is -1.82. The van der Waals surface area contributed by atoms with Gasteiger partial charge in [0.05, 0.1) is 0 Å². The fourth-order valence-corrected chi connectivity index (χ4v) is 1.76. The van der Waals surface area contributed by atoms with Gasteiger partial charge in [-0.2, -0.15) is 0 Å². The molecule has 3 nitrogen and oxygen atoms in total. The van der Waals surface area contributed by atoms with E-state index >= 15 is 0 Å². The first-order valence-electron chi connectivity index (χ1n) is 5.12. The maximum atomic E-state index is 4.30. The minimum absolute atomic E-state index is 0.774. The monoisotopic (exact) mass is 208 g/mol. The van der Waals surface area contributed by atoms with Gasteiger partial charge in [0, 0.05) is 11.8 Å². The molecule has 1 N–H and O–H groups in total. The zero-order chi connectivity index (χ0) is 11.0. The summed E-state index contributed by atoms with van der Waals surface area (Å²) < 4.78 is 0. The number of imidazole rings is 1. The van der Waals surface area contributed by atoms with Gasteiger partial charge in [-0.3, -0.25) is 0 Å². The van der Waals surface area contributed by atoms with Crippen LogP contribution in [0, 0.1) is 13.3 Å². The van der Waals surface area contributed by atoms with Crippen molar-refractivity contribution >= 4 is 11.2 Å². The molecule has 0 amide bonds. The highest BCUT2D eigenvalue weighted by molar-refractivity contribution is 5.77. The standard InChI is InChI=1S/C13H10N3/c1-9-3-2-4-10(5-9)11-6-12-13(14-7-11)16-8-15-12/h2-7H,1H3,(H,14,15,16). The van der Waals surface area contributed by atoms with Gasteiger partial charge in [-0.15, -0.1) is 0 Å². The number of H-pyrrole nitrogens is 1. The Bertz CT molecular complexity index is 640. The molecule has 1 radical (unpaired) electrons. The van der Waals surface area contributed by atoms with Gasteiger partial charge in [-0.05, 0) is 18.6 Å². The van der Waals surface area contributed by atoms with Gasteiger partial charge >= 0.3 is 0 Å². The summed E-state index contributed by atoms with van der Waals surface area (Å²) in [5.41, 5.74) is 5.11. The van der Waals surface area contributed by atoms with E-state index in [1.54, 1.807) is 0 Å². The number of aromatic amines is 1. The highest BCUT2D eigenvalue weighted by atomic mass is 14.9. The SMILES string of the molecule is Cc1cccc(-c2cnc3[nH][c]nc3c2)c1. The van der Waals surface area contributed by atoms with E-state index in [9.17, 15) is 0 Å². The van der Waals surface area contributed by atoms with E-state index in [1.165, 1.54) is 5.56 Å². The summed E-state index contributed by atoms with van der Waals surface area (Å²) in [6.45, 7) is 2.08. The van der Waals surface area contributed by atoms with Crippen molar-refractivity contribution in [2.24, 2.45) is 0 Å². The van der Waals surface area contributed by atoms with Crippen LogP contribution in [0.3, 0.4) is 0 Å². The number of fused-ring (bicyclic) bond motifs is 1. The van der Waals surface area contributed by atoms with Crippen molar-refractivity contribution in [3.8, 4) is 11.1 Å². The number of nitrogens with one attached hydrogen (secondary N) is 1. The van der Waals surface area contributed by atoms with E-state index in [0.29, 0.717) is 0 Å². The molecule has 77 valence electrons.